The number of aliphatic hydroxyl groups excluding tert-OH is 1. The lowest BCUT2D eigenvalue weighted by Crippen LogP contribution is -2.28. The maximum absolute atomic E-state index is 10.9. The fraction of sp³-hybridized carbons (Fsp3) is 0.545. The predicted octanol–water partition coefficient (Wildman–Crippen LogP) is 2.47. The van der Waals surface area contributed by atoms with Crippen molar-refractivity contribution in [3.8, 4) is 0 Å². The van der Waals surface area contributed by atoms with Crippen LogP contribution in [0.2, 0.25) is 0 Å². The molecule has 0 saturated heterocycles. The van der Waals surface area contributed by atoms with E-state index in [9.17, 15) is 15.2 Å². The summed E-state index contributed by atoms with van der Waals surface area (Å²) in [5.74, 6) is 0. The van der Waals surface area contributed by atoms with Gasteiger partial charge in [-0.3, -0.25) is 15.1 Å². The van der Waals surface area contributed by atoms with Gasteiger partial charge < -0.3 is 10.4 Å². The zero-order valence-electron chi connectivity index (χ0n) is 9.67. The second-order valence-corrected chi connectivity index (χ2v) is 5.28. The van der Waals surface area contributed by atoms with Crippen molar-refractivity contribution in [3.63, 3.8) is 0 Å². The molecule has 1 aromatic rings. The van der Waals surface area contributed by atoms with Crippen LogP contribution in [0.1, 0.15) is 25.7 Å². The number of anilines is 1. The molecule has 1 aromatic heterocycles. The summed E-state index contributed by atoms with van der Waals surface area (Å²) < 4.78 is 0.586. The Kier molecular flexibility index (Phi) is 4.13. The minimum atomic E-state index is -0.447. The average Bonchev–Trinajstić information content (AvgIpc) is 2.34. The molecule has 7 heteroatoms. The zero-order chi connectivity index (χ0) is 13.1. The fourth-order valence-electron chi connectivity index (χ4n) is 2.13. The van der Waals surface area contributed by atoms with E-state index in [1.54, 1.807) is 0 Å². The first kappa shape index (κ1) is 13.2. The third-order valence-corrected chi connectivity index (χ3v) is 3.72. The van der Waals surface area contributed by atoms with E-state index in [4.69, 9.17) is 0 Å². The molecular formula is C11H14BrN3O3. The summed E-state index contributed by atoms with van der Waals surface area (Å²) in [6.45, 7) is 0. The third kappa shape index (κ3) is 2.97. The van der Waals surface area contributed by atoms with Crippen LogP contribution in [0.3, 0.4) is 0 Å². The number of hydrogen-bond acceptors (Lipinski definition) is 5. The Hall–Kier alpha value is -1.21. The Balaban J connectivity index is 2.15. The lowest BCUT2D eigenvalue weighted by Gasteiger charge is -2.27. The van der Waals surface area contributed by atoms with Gasteiger partial charge in [-0.1, -0.05) is 0 Å². The number of aromatic nitrogens is 1. The molecule has 2 N–H and O–H groups in total. The van der Waals surface area contributed by atoms with E-state index in [0.29, 0.717) is 10.2 Å². The van der Waals surface area contributed by atoms with Crippen LogP contribution >= 0.6 is 15.9 Å². The second kappa shape index (κ2) is 5.62. The molecule has 2 rings (SSSR count). The van der Waals surface area contributed by atoms with Crippen molar-refractivity contribution in [1.29, 1.82) is 0 Å². The summed E-state index contributed by atoms with van der Waals surface area (Å²) in [5, 5.41) is 23.5. The van der Waals surface area contributed by atoms with Gasteiger partial charge in [0, 0.05) is 12.2 Å². The van der Waals surface area contributed by atoms with Crippen LogP contribution in [0.25, 0.3) is 0 Å². The number of rotatable bonds is 3. The molecule has 0 spiro atoms. The number of halogens is 1. The van der Waals surface area contributed by atoms with Crippen LogP contribution in [0.4, 0.5) is 11.4 Å². The Bertz CT molecular complexity index is 447. The van der Waals surface area contributed by atoms with E-state index in [-0.39, 0.29) is 17.8 Å². The highest BCUT2D eigenvalue weighted by molar-refractivity contribution is 9.10. The van der Waals surface area contributed by atoms with Gasteiger partial charge in [0.05, 0.1) is 15.5 Å². The van der Waals surface area contributed by atoms with Crippen LogP contribution in [0.15, 0.2) is 16.9 Å². The monoisotopic (exact) mass is 315 g/mol. The summed E-state index contributed by atoms with van der Waals surface area (Å²) in [6, 6.07) is 0.158. The highest BCUT2D eigenvalue weighted by atomic mass is 79.9. The van der Waals surface area contributed by atoms with Crippen molar-refractivity contribution in [2.24, 2.45) is 0 Å². The van der Waals surface area contributed by atoms with E-state index in [1.807, 2.05) is 0 Å². The standard InChI is InChI=1S/C11H14BrN3O3/c12-9-5-13-6-10(15(17)18)11(9)14-7-1-3-8(16)4-2-7/h5-8,16H,1-4H2,(H,13,14). The zero-order valence-corrected chi connectivity index (χ0v) is 11.3. The minimum absolute atomic E-state index is 0.0319. The lowest BCUT2D eigenvalue weighted by atomic mass is 9.93. The van der Waals surface area contributed by atoms with E-state index < -0.39 is 4.92 Å². The van der Waals surface area contributed by atoms with Gasteiger partial charge >= 0.3 is 5.69 Å². The molecule has 1 heterocycles. The smallest absolute Gasteiger partial charge is 0.311 e. The van der Waals surface area contributed by atoms with E-state index in [2.05, 4.69) is 26.2 Å². The number of aliphatic hydroxyl groups is 1. The van der Waals surface area contributed by atoms with Crippen molar-refractivity contribution in [2.45, 2.75) is 37.8 Å². The quantitative estimate of drug-likeness (QED) is 0.660. The van der Waals surface area contributed by atoms with Gasteiger partial charge in [0.1, 0.15) is 11.9 Å². The molecular weight excluding hydrogens is 302 g/mol. The predicted molar refractivity (Wildman–Crippen MR) is 70.5 cm³/mol. The van der Waals surface area contributed by atoms with Gasteiger partial charge in [-0.25, -0.2) is 0 Å². The number of nitrogens with zero attached hydrogens (tertiary/aromatic N) is 2. The molecule has 6 nitrogen and oxygen atoms in total. The maximum atomic E-state index is 10.9. The molecule has 0 aromatic carbocycles. The Morgan fingerprint density at radius 2 is 2.06 bits per heavy atom. The fourth-order valence-corrected chi connectivity index (χ4v) is 2.57. The van der Waals surface area contributed by atoms with Crippen LogP contribution in [0.5, 0.6) is 0 Å². The van der Waals surface area contributed by atoms with Crippen LogP contribution in [0, 0.1) is 10.1 Å². The SMILES string of the molecule is O=[N+]([O-])c1cncc(Br)c1NC1CCC(O)CC1. The van der Waals surface area contributed by atoms with Gasteiger partial charge in [-0.05, 0) is 41.6 Å². The topological polar surface area (TPSA) is 88.3 Å². The molecule has 18 heavy (non-hydrogen) atoms. The molecule has 1 fully saturated rings. The summed E-state index contributed by atoms with van der Waals surface area (Å²) in [4.78, 5) is 14.3. The van der Waals surface area contributed by atoms with Crippen molar-refractivity contribution < 1.29 is 10.0 Å². The first-order chi connectivity index (χ1) is 8.58. The largest absolute Gasteiger partial charge is 0.393 e. The summed E-state index contributed by atoms with van der Waals surface area (Å²) in [7, 11) is 0. The minimum Gasteiger partial charge on any atom is -0.393 e. The molecule has 1 aliphatic rings. The number of hydrogen-bond donors (Lipinski definition) is 2. The van der Waals surface area contributed by atoms with E-state index in [1.165, 1.54) is 12.4 Å². The molecule has 0 unspecified atom stereocenters. The molecule has 0 bridgehead atoms. The van der Waals surface area contributed by atoms with Crippen LogP contribution in [-0.4, -0.2) is 27.2 Å². The molecule has 0 aliphatic heterocycles. The first-order valence-electron chi connectivity index (χ1n) is 5.80. The van der Waals surface area contributed by atoms with E-state index >= 15 is 0 Å². The number of nitrogens with one attached hydrogen (secondary N) is 1. The third-order valence-electron chi connectivity index (χ3n) is 3.12. The highest BCUT2D eigenvalue weighted by Gasteiger charge is 2.24. The van der Waals surface area contributed by atoms with Gasteiger partial charge in [0.15, 0.2) is 0 Å². The van der Waals surface area contributed by atoms with Gasteiger partial charge in [0.2, 0.25) is 0 Å². The molecule has 0 radical (unpaired) electrons. The summed E-state index contributed by atoms with van der Waals surface area (Å²) in [6.07, 6.45) is 5.62. The van der Waals surface area contributed by atoms with Crippen LogP contribution < -0.4 is 5.32 Å². The highest BCUT2D eigenvalue weighted by Crippen LogP contribution is 2.33. The normalized spacial score (nSPS) is 23.7. The van der Waals surface area contributed by atoms with Crippen LogP contribution in [-0.2, 0) is 0 Å². The number of nitro groups is 1. The van der Waals surface area contributed by atoms with Crippen molar-refractivity contribution in [3.05, 3.63) is 27.0 Å². The van der Waals surface area contributed by atoms with Gasteiger partial charge in [0.25, 0.3) is 0 Å². The molecule has 1 aliphatic carbocycles. The Morgan fingerprint density at radius 1 is 1.39 bits per heavy atom. The number of pyridine rings is 1. The van der Waals surface area contributed by atoms with E-state index in [0.717, 1.165) is 25.7 Å². The van der Waals surface area contributed by atoms with Crippen molar-refractivity contribution >= 4 is 27.3 Å². The van der Waals surface area contributed by atoms with Gasteiger partial charge in [-0.15, -0.1) is 0 Å². The average molecular weight is 316 g/mol. The maximum Gasteiger partial charge on any atom is 0.311 e. The Morgan fingerprint density at radius 3 is 2.67 bits per heavy atom. The van der Waals surface area contributed by atoms with Crippen molar-refractivity contribution in [1.82, 2.24) is 4.98 Å². The van der Waals surface area contributed by atoms with Gasteiger partial charge in [-0.2, -0.15) is 0 Å². The summed E-state index contributed by atoms with van der Waals surface area (Å²) in [5.41, 5.74) is 0.437. The second-order valence-electron chi connectivity index (χ2n) is 4.42. The molecule has 1 saturated carbocycles. The molecule has 0 amide bonds. The Labute approximate surface area is 113 Å². The molecule has 0 atom stereocenters. The first-order valence-corrected chi connectivity index (χ1v) is 6.59. The lowest BCUT2D eigenvalue weighted by molar-refractivity contribution is -0.384. The molecule has 98 valence electrons. The summed E-state index contributed by atoms with van der Waals surface area (Å²) >= 11 is 3.28. The van der Waals surface area contributed by atoms with Crippen molar-refractivity contribution in [2.75, 3.05) is 5.32 Å².